The van der Waals surface area contributed by atoms with Crippen LogP contribution in [-0.2, 0) is 11.3 Å². The van der Waals surface area contributed by atoms with Crippen LogP contribution in [-0.4, -0.2) is 69.0 Å². The number of hydrogen-bond donors (Lipinski definition) is 2. The molecule has 2 aliphatic rings. The first-order valence-corrected chi connectivity index (χ1v) is 11.8. The molecule has 1 aromatic rings. The third kappa shape index (κ3) is 6.42. The van der Waals surface area contributed by atoms with Gasteiger partial charge in [-0.1, -0.05) is 25.0 Å². The molecule has 1 saturated carbocycles. The van der Waals surface area contributed by atoms with Crippen molar-refractivity contribution < 1.29 is 4.79 Å². The van der Waals surface area contributed by atoms with Crippen LogP contribution in [0, 0.1) is 5.41 Å². The Balaban J connectivity index is 0.00000320. The maximum absolute atomic E-state index is 12.7. The largest absolute Gasteiger partial charge is 0.370 e. The maximum atomic E-state index is 12.7. The maximum Gasteiger partial charge on any atom is 0.230 e. The standard InChI is InChI=1S/C22H35N5OS.HI/c1-23-21(25-17-22(10-4-5-11-22)20(28)26(2)3)24-16-18-6-8-19(9-7-18)27-12-14-29-15-13-27;/h6-9H,4-5,10-17H2,1-3H3,(H2,23,24,25);1H. The molecule has 1 heterocycles. The summed E-state index contributed by atoms with van der Waals surface area (Å²) in [6.45, 7) is 3.61. The third-order valence-corrected chi connectivity index (χ3v) is 6.95. The van der Waals surface area contributed by atoms with Crippen LogP contribution in [0.1, 0.15) is 31.2 Å². The van der Waals surface area contributed by atoms with E-state index in [0.29, 0.717) is 13.1 Å². The molecule has 2 fully saturated rings. The van der Waals surface area contributed by atoms with E-state index in [2.05, 4.69) is 44.8 Å². The number of nitrogens with one attached hydrogen (secondary N) is 2. The highest BCUT2D eigenvalue weighted by Crippen LogP contribution is 2.38. The summed E-state index contributed by atoms with van der Waals surface area (Å²) in [5.74, 6) is 3.40. The van der Waals surface area contributed by atoms with Crippen LogP contribution in [0.25, 0.3) is 0 Å². The second-order valence-corrected chi connectivity index (χ2v) is 9.46. The molecule has 1 amide bonds. The summed E-state index contributed by atoms with van der Waals surface area (Å²) < 4.78 is 0. The molecule has 0 aromatic heterocycles. The van der Waals surface area contributed by atoms with Gasteiger partial charge in [0, 0.05) is 64.5 Å². The summed E-state index contributed by atoms with van der Waals surface area (Å²) in [4.78, 5) is 21.3. The number of halogens is 1. The van der Waals surface area contributed by atoms with Crippen molar-refractivity contribution in [1.29, 1.82) is 0 Å². The smallest absolute Gasteiger partial charge is 0.230 e. The van der Waals surface area contributed by atoms with Crippen LogP contribution < -0.4 is 15.5 Å². The Morgan fingerprint density at radius 1 is 1.13 bits per heavy atom. The van der Waals surface area contributed by atoms with E-state index in [4.69, 9.17) is 0 Å². The number of amides is 1. The first kappa shape index (κ1) is 25.1. The Morgan fingerprint density at radius 3 is 2.33 bits per heavy atom. The number of anilines is 1. The summed E-state index contributed by atoms with van der Waals surface area (Å²) in [5.41, 5.74) is 2.24. The number of aliphatic imine (C=N–C) groups is 1. The summed E-state index contributed by atoms with van der Waals surface area (Å²) in [5, 5.41) is 6.79. The van der Waals surface area contributed by atoms with Gasteiger partial charge in [-0.2, -0.15) is 11.8 Å². The second kappa shape index (κ2) is 12.0. The lowest BCUT2D eigenvalue weighted by Crippen LogP contribution is -2.49. The highest BCUT2D eigenvalue weighted by Gasteiger charge is 2.42. The van der Waals surface area contributed by atoms with E-state index in [1.54, 1.807) is 11.9 Å². The van der Waals surface area contributed by atoms with Gasteiger partial charge in [-0.3, -0.25) is 9.79 Å². The van der Waals surface area contributed by atoms with Crippen molar-refractivity contribution in [2.24, 2.45) is 10.4 Å². The van der Waals surface area contributed by atoms with Crippen LogP contribution in [0.5, 0.6) is 0 Å². The monoisotopic (exact) mass is 545 g/mol. The van der Waals surface area contributed by atoms with Crippen molar-refractivity contribution in [3.63, 3.8) is 0 Å². The molecule has 6 nitrogen and oxygen atoms in total. The van der Waals surface area contributed by atoms with Crippen molar-refractivity contribution >= 4 is 53.3 Å². The van der Waals surface area contributed by atoms with Gasteiger partial charge in [0.05, 0.1) is 5.41 Å². The van der Waals surface area contributed by atoms with Crippen LogP contribution >= 0.6 is 35.7 Å². The Bertz CT molecular complexity index is 698. The van der Waals surface area contributed by atoms with E-state index in [0.717, 1.165) is 44.7 Å². The van der Waals surface area contributed by atoms with Crippen molar-refractivity contribution in [2.75, 3.05) is 57.2 Å². The molecule has 0 atom stereocenters. The minimum Gasteiger partial charge on any atom is -0.370 e. The zero-order valence-corrected chi connectivity index (χ0v) is 21.6. The van der Waals surface area contributed by atoms with E-state index >= 15 is 0 Å². The molecule has 1 aliphatic carbocycles. The number of thioether (sulfide) groups is 1. The number of carbonyl (C=O) groups excluding carboxylic acids is 1. The molecule has 0 radical (unpaired) electrons. The number of carbonyl (C=O) groups is 1. The molecule has 1 aliphatic heterocycles. The van der Waals surface area contributed by atoms with Gasteiger partial charge in [-0.25, -0.2) is 0 Å². The second-order valence-electron chi connectivity index (χ2n) is 8.23. The summed E-state index contributed by atoms with van der Waals surface area (Å²) in [6, 6.07) is 8.80. The van der Waals surface area contributed by atoms with Gasteiger partial charge in [0.25, 0.3) is 0 Å². The Labute approximate surface area is 202 Å². The van der Waals surface area contributed by atoms with Gasteiger partial charge in [-0.15, -0.1) is 24.0 Å². The van der Waals surface area contributed by atoms with E-state index < -0.39 is 0 Å². The molecule has 3 rings (SSSR count). The Kier molecular flexibility index (Phi) is 10.1. The lowest BCUT2D eigenvalue weighted by Gasteiger charge is -2.31. The predicted molar refractivity (Wildman–Crippen MR) is 139 cm³/mol. The Morgan fingerprint density at radius 2 is 1.77 bits per heavy atom. The minimum absolute atomic E-state index is 0. The van der Waals surface area contributed by atoms with Crippen molar-refractivity contribution in [3.05, 3.63) is 29.8 Å². The van der Waals surface area contributed by atoms with Crippen molar-refractivity contribution in [2.45, 2.75) is 32.2 Å². The van der Waals surface area contributed by atoms with E-state index in [9.17, 15) is 4.79 Å². The van der Waals surface area contributed by atoms with E-state index in [1.165, 1.54) is 22.8 Å². The number of rotatable bonds is 6. The lowest BCUT2D eigenvalue weighted by atomic mass is 9.84. The van der Waals surface area contributed by atoms with Crippen LogP contribution in [0.3, 0.4) is 0 Å². The fourth-order valence-corrected chi connectivity index (χ4v) is 5.20. The third-order valence-electron chi connectivity index (χ3n) is 6.01. The molecule has 0 spiro atoms. The molecular formula is C22H36IN5OS. The molecule has 1 saturated heterocycles. The van der Waals surface area contributed by atoms with Gasteiger partial charge in [-0.05, 0) is 30.5 Å². The first-order valence-electron chi connectivity index (χ1n) is 10.6. The molecular weight excluding hydrogens is 509 g/mol. The molecule has 0 bridgehead atoms. The summed E-state index contributed by atoms with van der Waals surface area (Å²) in [7, 11) is 5.48. The molecule has 0 unspecified atom stereocenters. The Hall–Kier alpha value is -1.16. The minimum atomic E-state index is -0.296. The van der Waals surface area contributed by atoms with Crippen molar-refractivity contribution in [3.8, 4) is 0 Å². The average Bonchev–Trinajstić information content (AvgIpc) is 3.24. The molecule has 2 N–H and O–H groups in total. The van der Waals surface area contributed by atoms with Gasteiger partial charge >= 0.3 is 0 Å². The lowest BCUT2D eigenvalue weighted by molar-refractivity contribution is -0.138. The molecule has 1 aromatic carbocycles. The fourth-order valence-electron chi connectivity index (χ4n) is 4.30. The normalized spacial score (nSPS) is 18.5. The zero-order chi connectivity index (χ0) is 20.7. The number of nitrogens with zero attached hydrogens (tertiary/aromatic N) is 3. The van der Waals surface area contributed by atoms with Gasteiger partial charge in [0.15, 0.2) is 5.96 Å². The van der Waals surface area contributed by atoms with Crippen LogP contribution in [0.15, 0.2) is 29.3 Å². The van der Waals surface area contributed by atoms with E-state index in [1.807, 2.05) is 25.9 Å². The molecule has 8 heteroatoms. The SMILES string of the molecule is CN=C(NCc1ccc(N2CCSCC2)cc1)NCC1(C(=O)N(C)C)CCCC1.I. The van der Waals surface area contributed by atoms with E-state index in [-0.39, 0.29) is 35.3 Å². The number of hydrogen-bond acceptors (Lipinski definition) is 4. The highest BCUT2D eigenvalue weighted by molar-refractivity contribution is 14.0. The number of benzene rings is 1. The fraction of sp³-hybridized carbons (Fsp3) is 0.636. The molecule has 168 valence electrons. The van der Waals surface area contributed by atoms with Crippen LogP contribution in [0.2, 0.25) is 0 Å². The van der Waals surface area contributed by atoms with Gasteiger partial charge in [0.2, 0.25) is 5.91 Å². The topological polar surface area (TPSA) is 60.0 Å². The predicted octanol–water partition coefficient (Wildman–Crippen LogP) is 3.17. The quantitative estimate of drug-likeness (QED) is 0.327. The zero-order valence-electron chi connectivity index (χ0n) is 18.4. The van der Waals surface area contributed by atoms with Gasteiger partial charge < -0.3 is 20.4 Å². The van der Waals surface area contributed by atoms with Gasteiger partial charge in [0.1, 0.15) is 0 Å². The van der Waals surface area contributed by atoms with Crippen LogP contribution in [0.4, 0.5) is 5.69 Å². The summed E-state index contributed by atoms with van der Waals surface area (Å²) >= 11 is 2.03. The number of guanidine groups is 1. The van der Waals surface area contributed by atoms with Crippen molar-refractivity contribution in [1.82, 2.24) is 15.5 Å². The first-order chi connectivity index (χ1) is 14.0. The molecule has 30 heavy (non-hydrogen) atoms. The highest BCUT2D eigenvalue weighted by atomic mass is 127. The average molecular weight is 546 g/mol. The summed E-state index contributed by atoms with van der Waals surface area (Å²) in [6.07, 6.45) is 4.14.